The van der Waals surface area contributed by atoms with Crippen molar-refractivity contribution >= 4 is 39.5 Å². The third-order valence-corrected chi connectivity index (χ3v) is 6.18. The van der Waals surface area contributed by atoms with E-state index in [2.05, 4.69) is 60.5 Å². The lowest BCUT2D eigenvalue weighted by molar-refractivity contribution is 0.0517. The highest BCUT2D eigenvalue weighted by atomic mass is 79.9. The second kappa shape index (κ2) is 25.0. The summed E-state index contributed by atoms with van der Waals surface area (Å²) < 4.78 is 25.3. The van der Waals surface area contributed by atoms with Crippen molar-refractivity contribution in [1.29, 1.82) is 0 Å². The minimum absolute atomic E-state index is 0.380. The van der Waals surface area contributed by atoms with Gasteiger partial charge in [0.25, 0.3) is 0 Å². The molecule has 0 aliphatic heterocycles. The molecule has 0 heterocycles. The second-order valence-corrected chi connectivity index (χ2v) is 13.2. The highest BCUT2D eigenvalue weighted by Gasteiger charge is 2.16. The van der Waals surface area contributed by atoms with Gasteiger partial charge in [0.1, 0.15) is 11.2 Å². The second-order valence-electron chi connectivity index (χ2n) is 12.4. The first-order valence-electron chi connectivity index (χ1n) is 15.8. The standard InChI is InChI=1S/C19H32N2O4.C13H20N2O2.C3H7BrO/c1-19(2,3)25-18(22)20-11-10-16-6-8-17(9-7-16)21(12-14-23-4)13-15-24-5;1-13(2,3)17-12(16)15-9-8-10-4-6-11(14)7-5-10;1-5-3-2-4/h6-9H,10-15H2,1-5H3,(H,20,22);4-7H,8-9,14H2,1-3H3,(H,15,16);2-3H2,1H3. The van der Waals surface area contributed by atoms with Crippen LogP contribution in [0.5, 0.6) is 0 Å². The molecule has 0 atom stereocenters. The summed E-state index contributed by atoms with van der Waals surface area (Å²) in [6.45, 7) is 16.0. The van der Waals surface area contributed by atoms with Crippen LogP contribution in [0.15, 0.2) is 48.5 Å². The Labute approximate surface area is 291 Å². The van der Waals surface area contributed by atoms with Crippen LogP contribution >= 0.6 is 15.9 Å². The molecule has 2 rings (SSSR count). The van der Waals surface area contributed by atoms with Crippen molar-refractivity contribution in [3.63, 3.8) is 0 Å². The zero-order valence-electron chi connectivity index (χ0n) is 30.0. The molecule has 0 aromatic heterocycles. The van der Waals surface area contributed by atoms with Crippen molar-refractivity contribution in [1.82, 2.24) is 10.6 Å². The summed E-state index contributed by atoms with van der Waals surface area (Å²) in [6, 6.07) is 15.9. The maximum Gasteiger partial charge on any atom is 0.407 e. The third-order valence-electron chi connectivity index (χ3n) is 5.86. The van der Waals surface area contributed by atoms with Gasteiger partial charge in [0.15, 0.2) is 0 Å². The van der Waals surface area contributed by atoms with Gasteiger partial charge < -0.3 is 45.0 Å². The van der Waals surface area contributed by atoms with Gasteiger partial charge in [0.2, 0.25) is 0 Å². The van der Waals surface area contributed by atoms with Crippen molar-refractivity contribution in [2.45, 2.75) is 65.6 Å². The summed E-state index contributed by atoms with van der Waals surface area (Å²) in [6.07, 6.45) is 0.761. The molecule has 0 saturated heterocycles. The van der Waals surface area contributed by atoms with E-state index in [1.807, 2.05) is 65.8 Å². The fraction of sp³-hybridized carbons (Fsp3) is 0.600. The van der Waals surface area contributed by atoms with E-state index in [0.29, 0.717) is 26.3 Å². The van der Waals surface area contributed by atoms with Crippen LogP contribution in [0.1, 0.15) is 52.7 Å². The minimum Gasteiger partial charge on any atom is -0.444 e. The van der Waals surface area contributed by atoms with Crippen molar-refractivity contribution in [2.75, 3.05) is 83.3 Å². The summed E-state index contributed by atoms with van der Waals surface area (Å²) in [5, 5.41) is 6.42. The van der Waals surface area contributed by atoms with Crippen molar-refractivity contribution < 1.29 is 33.3 Å². The Morgan fingerprint density at radius 3 is 1.38 bits per heavy atom. The van der Waals surface area contributed by atoms with Crippen LogP contribution in [0.2, 0.25) is 0 Å². The van der Waals surface area contributed by atoms with Gasteiger partial charge >= 0.3 is 12.2 Å². The molecule has 0 spiro atoms. The fourth-order valence-corrected chi connectivity index (χ4v) is 3.98. The molecule has 11 nitrogen and oxygen atoms in total. The van der Waals surface area contributed by atoms with Crippen LogP contribution in [0.25, 0.3) is 0 Å². The van der Waals surface area contributed by atoms with E-state index in [1.165, 1.54) is 5.56 Å². The molecule has 12 heteroatoms. The van der Waals surface area contributed by atoms with E-state index < -0.39 is 11.2 Å². The summed E-state index contributed by atoms with van der Waals surface area (Å²) >= 11 is 3.18. The van der Waals surface area contributed by atoms with Gasteiger partial charge in [0.05, 0.1) is 19.8 Å². The minimum atomic E-state index is -0.473. The first kappa shape index (κ1) is 43.9. The zero-order valence-corrected chi connectivity index (χ0v) is 31.5. The van der Waals surface area contributed by atoms with Gasteiger partial charge in [-0.3, -0.25) is 0 Å². The number of hydrogen-bond acceptors (Lipinski definition) is 9. The number of nitrogens with two attached hydrogens (primary N) is 1. The number of ether oxygens (including phenoxy) is 5. The SMILES string of the molecule is CC(C)(C)OC(=O)NCCc1ccc(N)cc1.COCCBr.COCCN(CCOC)c1ccc(CCNC(=O)OC(C)(C)C)cc1. The van der Waals surface area contributed by atoms with E-state index in [1.54, 1.807) is 21.3 Å². The molecule has 0 aliphatic carbocycles. The number of benzene rings is 2. The Balaban J connectivity index is 0.000000827. The van der Waals surface area contributed by atoms with Crippen LogP contribution < -0.4 is 21.3 Å². The van der Waals surface area contributed by atoms with Gasteiger partial charge in [0, 0.05) is 64.2 Å². The lowest BCUT2D eigenvalue weighted by atomic mass is 10.1. The summed E-state index contributed by atoms with van der Waals surface area (Å²) in [5.74, 6) is 0. The molecule has 2 amide bonds. The Bertz CT molecular complexity index is 1080. The number of alkyl carbamates (subject to hydrolysis) is 2. The van der Waals surface area contributed by atoms with E-state index in [9.17, 15) is 9.59 Å². The van der Waals surface area contributed by atoms with Crippen molar-refractivity contribution in [3.8, 4) is 0 Å². The van der Waals surface area contributed by atoms with Crippen LogP contribution in [0.3, 0.4) is 0 Å². The molecule has 2 aromatic carbocycles. The van der Waals surface area contributed by atoms with Crippen LogP contribution in [-0.4, -0.2) is 96.0 Å². The molecule has 268 valence electrons. The first-order chi connectivity index (χ1) is 22.1. The molecule has 0 radical (unpaired) electrons. The Morgan fingerprint density at radius 2 is 1.06 bits per heavy atom. The van der Waals surface area contributed by atoms with E-state index in [0.717, 1.165) is 54.8 Å². The number of hydrogen-bond donors (Lipinski definition) is 3. The highest BCUT2D eigenvalue weighted by molar-refractivity contribution is 9.09. The summed E-state index contributed by atoms with van der Waals surface area (Å²) in [7, 11) is 5.09. The van der Waals surface area contributed by atoms with Crippen LogP contribution in [-0.2, 0) is 36.5 Å². The lowest BCUT2D eigenvalue weighted by Crippen LogP contribution is -2.33. The van der Waals surface area contributed by atoms with Crippen molar-refractivity contribution in [3.05, 3.63) is 59.7 Å². The number of carbonyl (C=O) groups excluding carboxylic acids is 2. The number of nitrogen functional groups attached to an aromatic ring is 1. The maximum absolute atomic E-state index is 11.6. The fourth-order valence-electron chi connectivity index (χ4n) is 3.65. The molecule has 0 aliphatic rings. The van der Waals surface area contributed by atoms with E-state index in [-0.39, 0.29) is 12.2 Å². The number of carbonyl (C=O) groups is 2. The number of nitrogens with one attached hydrogen (secondary N) is 2. The molecular formula is C35H59BrN4O7. The number of anilines is 2. The topological polar surface area (TPSA) is 134 Å². The lowest BCUT2D eigenvalue weighted by Gasteiger charge is -2.24. The molecular weight excluding hydrogens is 668 g/mol. The third kappa shape index (κ3) is 25.7. The molecule has 0 saturated carbocycles. The van der Waals surface area contributed by atoms with Crippen LogP contribution in [0.4, 0.5) is 21.0 Å². The van der Waals surface area contributed by atoms with Gasteiger partial charge in [-0.15, -0.1) is 0 Å². The quantitative estimate of drug-likeness (QED) is 0.145. The van der Waals surface area contributed by atoms with Gasteiger partial charge in [-0.05, 0) is 89.8 Å². The predicted molar refractivity (Wildman–Crippen MR) is 195 cm³/mol. The molecule has 4 N–H and O–H groups in total. The smallest absolute Gasteiger partial charge is 0.407 e. The predicted octanol–water partition coefficient (Wildman–Crippen LogP) is 6.22. The average Bonchev–Trinajstić information content (AvgIpc) is 2.98. The van der Waals surface area contributed by atoms with E-state index >= 15 is 0 Å². The van der Waals surface area contributed by atoms with Gasteiger partial charge in [-0.25, -0.2) is 9.59 Å². The molecule has 2 aromatic rings. The molecule has 47 heavy (non-hydrogen) atoms. The average molecular weight is 728 g/mol. The Hall–Kier alpha value is -3.06. The zero-order chi connectivity index (χ0) is 35.7. The van der Waals surface area contributed by atoms with Crippen molar-refractivity contribution in [2.24, 2.45) is 0 Å². The largest absolute Gasteiger partial charge is 0.444 e. The summed E-state index contributed by atoms with van der Waals surface area (Å²) in [4.78, 5) is 25.2. The Morgan fingerprint density at radius 1 is 0.681 bits per heavy atom. The van der Waals surface area contributed by atoms with Gasteiger partial charge in [-0.2, -0.15) is 0 Å². The van der Waals surface area contributed by atoms with Crippen LogP contribution in [0, 0.1) is 0 Å². The molecule has 0 fully saturated rings. The number of halogens is 1. The number of methoxy groups -OCH3 is 3. The molecule has 0 unspecified atom stereocenters. The Kier molecular flexibility index (Phi) is 23.4. The van der Waals surface area contributed by atoms with Gasteiger partial charge in [-0.1, -0.05) is 40.2 Å². The summed E-state index contributed by atoms with van der Waals surface area (Å²) in [5.41, 5.74) is 8.84. The first-order valence-corrected chi connectivity index (χ1v) is 16.9. The number of rotatable bonds is 15. The highest BCUT2D eigenvalue weighted by Crippen LogP contribution is 2.16. The monoisotopic (exact) mass is 726 g/mol. The molecule has 0 bridgehead atoms. The number of amides is 2. The maximum atomic E-state index is 11.6. The van der Waals surface area contributed by atoms with E-state index in [4.69, 9.17) is 24.7 Å². The number of nitrogens with zero attached hydrogens (tertiary/aromatic N) is 1. The normalized spacial score (nSPS) is 10.9. The number of alkyl halides is 1.